The molecule has 0 bridgehead atoms. The SMILES string of the molecule is CCOCc1ccccc1NC(=O)[C@@H](N)C(C)CC. The number of amides is 1. The van der Waals surface area contributed by atoms with Crippen LogP contribution in [0.4, 0.5) is 5.69 Å². The predicted octanol–water partition coefficient (Wildman–Crippen LogP) is 2.54. The van der Waals surface area contributed by atoms with Crippen LogP contribution in [0, 0.1) is 5.92 Å². The van der Waals surface area contributed by atoms with Crippen LogP contribution >= 0.6 is 0 Å². The molecule has 0 radical (unpaired) electrons. The maximum absolute atomic E-state index is 12.1. The van der Waals surface area contributed by atoms with Crippen molar-refractivity contribution in [1.29, 1.82) is 0 Å². The van der Waals surface area contributed by atoms with Crippen LogP contribution in [0.2, 0.25) is 0 Å². The van der Waals surface area contributed by atoms with Crippen LogP contribution in [-0.2, 0) is 16.1 Å². The lowest BCUT2D eigenvalue weighted by Crippen LogP contribution is -2.40. The van der Waals surface area contributed by atoms with Gasteiger partial charge in [0.25, 0.3) is 0 Å². The summed E-state index contributed by atoms with van der Waals surface area (Å²) in [6.07, 6.45) is 0.884. The number of anilines is 1. The zero-order valence-corrected chi connectivity index (χ0v) is 12.0. The third kappa shape index (κ3) is 4.65. The molecule has 0 spiro atoms. The molecule has 0 aliphatic heterocycles. The molecule has 3 N–H and O–H groups in total. The van der Waals surface area contributed by atoms with E-state index in [0.717, 1.165) is 17.7 Å². The summed E-state index contributed by atoms with van der Waals surface area (Å²) < 4.78 is 5.39. The zero-order chi connectivity index (χ0) is 14.3. The Morgan fingerprint density at radius 3 is 2.68 bits per heavy atom. The van der Waals surface area contributed by atoms with Crippen LogP contribution in [0.5, 0.6) is 0 Å². The second-order valence-corrected chi connectivity index (χ2v) is 4.69. The summed E-state index contributed by atoms with van der Waals surface area (Å²) in [4.78, 5) is 12.1. The lowest BCUT2D eigenvalue weighted by Gasteiger charge is -2.19. The van der Waals surface area contributed by atoms with E-state index in [-0.39, 0.29) is 11.8 Å². The van der Waals surface area contributed by atoms with Gasteiger partial charge in [0.15, 0.2) is 0 Å². The van der Waals surface area contributed by atoms with E-state index in [4.69, 9.17) is 10.5 Å². The second kappa shape index (κ2) is 7.92. The fourth-order valence-electron chi connectivity index (χ4n) is 1.71. The minimum absolute atomic E-state index is 0.140. The van der Waals surface area contributed by atoms with Crippen LogP contribution in [0.3, 0.4) is 0 Å². The Labute approximate surface area is 115 Å². The van der Waals surface area contributed by atoms with Crippen molar-refractivity contribution in [3.8, 4) is 0 Å². The lowest BCUT2D eigenvalue weighted by atomic mass is 9.99. The van der Waals surface area contributed by atoms with Gasteiger partial charge >= 0.3 is 0 Å². The molecule has 0 fully saturated rings. The molecule has 0 aliphatic rings. The summed E-state index contributed by atoms with van der Waals surface area (Å²) in [6, 6.07) is 7.15. The summed E-state index contributed by atoms with van der Waals surface area (Å²) in [5.74, 6) is 0.0253. The fraction of sp³-hybridized carbons (Fsp3) is 0.533. The van der Waals surface area contributed by atoms with Crippen molar-refractivity contribution < 1.29 is 9.53 Å². The highest BCUT2D eigenvalue weighted by Crippen LogP contribution is 2.17. The topological polar surface area (TPSA) is 64.3 Å². The van der Waals surface area contributed by atoms with Crippen molar-refractivity contribution in [3.05, 3.63) is 29.8 Å². The molecule has 0 saturated heterocycles. The van der Waals surface area contributed by atoms with Gasteiger partial charge in [-0.1, -0.05) is 38.5 Å². The normalized spacial score (nSPS) is 13.9. The highest BCUT2D eigenvalue weighted by molar-refractivity contribution is 5.95. The number of para-hydroxylation sites is 1. The average molecular weight is 264 g/mol. The first-order valence-corrected chi connectivity index (χ1v) is 6.82. The molecular formula is C15H24N2O2. The molecule has 0 aliphatic carbocycles. The standard InChI is InChI=1S/C15H24N2O2/c1-4-11(3)14(16)15(18)17-13-9-7-6-8-12(13)10-19-5-2/h6-9,11,14H,4-5,10,16H2,1-3H3,(H,17,18)/t11?,14-/m0/s1. The Morgan fingerprint density at radius 1 is 1.37 bits per heavy atom. The zero-order valence-electron chi connectivity index (χ0n) is 12.0. The van der Waals surface area contributed by atoms with Gasteiger partial charge in [-0.05, 0) is 18.9 Å². The van der Waals surface area contributed by atoms with E-state index >= 15 is 0 Å². The quantitative estimate of drug-likeness (QED) is 0.795. The van der Waals surface area contributed by atoms with Gasteiger partial charge in [-0.15, -0.1) is 0 Å². The van der Waals surface area contributed by atoms with Crippen molar-refractivity contribution >= 4 is 11.6 Å². The molecule has 0 heterocycles. The lowest BCUT2D eigenvalue weighted by molar-refractivity contribution is -0.118. The molecule has 1 rings (SSSR count). The minimum atomic E-state index is -0.481. The molecule has 1 aromatic rings. The maximum atomic E-state index is 12.1. The Balaban J connectivity index is 2.73. The molecule has 106 valence electrons. The van der Waals surface area contributed by atoms with Gasteiger partial charge < -0.3 is 15.8 Å². The number of benzene rings is 1. The molecule has 0 saturated carbocycles. The Hall–Kier alpha value is -1.39. The van der Waals surface area contributed by atoms with Gasteiger partial charge in [0.1, 0.15) is 0 Å². The van der Waals surface area contributed by atoms with Crippen molar-refractivity contribution in [2.45, 2.75) is 39.8 Å². The van der Waals surface area contributed by atoms with Crippen LogP contribution in [-0.4, -0.2) is 18.6 Å². The molecular weight excluding hydrogens is 240 g/mol. The number of hydrogen-bond acceptors (Lipinski definition) is 3. The molecule has 1 unspecified atom stereocenters. The number of carbonyl (C=O) groups excluding carboxylic acids is 1. The van der Waals surface area contributed by atoms with Crippen molar-refractivity contribution in [2.24, 2.45) is 11.7 Å². The van der Waals surface area contributed by atoms with Gasteiger partial charge in [-0.3, -0.25) is 4.79 Å². The second-order valence-electron chi connectivity index (χ2n) is 4.69. The number of hydrogen-bond donors (Lipinski definition) is 2. The van der Waals surface area contributed by atoms with Crippen LogP contribution < -0.4 is 11.1 Å². The molecule has 1 aromatic carbocycles. The predicted molar refractivity (Wildman–Crippen MR) is 77.8 cm³/mol. The van der Waals surface area contributed by atoms with E-state index in [1.807, 2.05) is 45.0 Å². The molecule has 4 nitrogen and oxygen atoms in total. The van der Waals surface area contributed by atoms with Gasteiger partial charge in [-0.2, -0.15) is 0 Å². The average Bonchev–Trinajstić information content (AvgIpc) is 2.44. The van der Waals surface area contributed by atoms with Crippen LogP contribution in [0.25, 0.3) is 0 Å². The van der Waals surface area contributed by atoms with Crippen LogP contribution in [0.15, 0.2) is 24.3 Å². The van der Waals surface area contributed by atoms with E-state index in [0.29, 0.717) is 13.2 Å². The molecule has 19 heavy (non-hydrogen) atoms. The summed E-state index contributed by atoms with van der Waals surface area (Å²) in [7, 11) is 0. The van der Waals surface area contributed by atoms with E-state index in [1.165, 1.54) is 0 Å². The van der Waals surface area contributed by atoms with E-state index in [2.05, 4.69) is 5.32 Å². The van der Waals surface area contributed by atoms with E-state index in [9.17, 15) is 4.79 Å². The Morgan fingerprint density at radius 2 is 2.05 bits per heavy atom. The fourth-order valence-corrected chi connectivity index (χ4v) is 1.71. The maximum Gasteiger partial charge on any atom is 0.241 e. The first kappa shape index (κ1) is 15.7. The summed E-state index contributed by atoms with van der Waals surface area (Å²) in [6.45, 7) is 7.09. The first-order chi connectivity index (χ1) is 9.10. The minimum Gasteiger partial charge on any atom is -0.377 e. The molecule has 1 amide bonds. The van der Waals surface area contributed by atoms with Gasteiger partial charge in [0, 0.05) is 17.9 Å². The summed E-state index contributed by atoms with van der Waals surface area (Å²) in [5, 5.41) is 2.89. The van der Waals surface area contributed by atoms with Crippen LogP contribution in [0.1, 0.15) is 32.8 Å². The third-order valence-corrected chi connectivity index (χ3v) is 3.30. The van der Waals surface area contributed by atoms with Crippen molar-refractivity contribution in [2.75, 3.05) is 11.9 Å². The number of carbonyl (C=O) groups is 1. The summed E-state index contributed by atoms with van der Waals surface area (Å²) >= 11 is 0. The Kier molecular flexibility index (Phi) is 6.53. The molecule has 4 heteroatoms. The van der Waals surface area contributed by atoms with Gasteiger partial charge in [-0.25, -0.2) is 0 Å². The third-order valence-electron chi connectivity index (χ3n) is 3.30. The van der Waals surface area contributed by atoms with E-state index in [1.54, 1.807) is 0 Å². The largest absolute Gasteiger partial charge is 0.377 e. The summed E-state index contributed by atoms with van der Waals surface area (Å²) in [5.41, 5.74) is 7.67. The number of nitrogens with one attached hydrogen (secondary N) is 1. The van der Waals surface area contributed by atoms with Gasteiger partial charge in [0.2, 0.25) is 5.91 Å². The molecule has 2 atom stereocenters. The molecule has 0 aromatic heterocycles. The number of nitrogens with two attached hydrogens (primary N) is 1. The number of ether oxygens (including phenoxy) is 1. The van der Waals surface area contributed by atoms with E-state index < -0.39 is 6.04 Å². The van der Waals surface area contributed by atoms with Crippen molar-refractivity contribution in [3.63, 3.8) is 0 Å². The highest BCUT2D eigenvalue weighted by atomic mass is 16.5. The smallest absolute Gasteiger partial charge is 0.241 e. The highest BCUT2D eigenvalue weighted by Gasteiger charge is 2.20. The first-order valence-electron chi connectivity index (χ1n) is 6.82. The van der Waals surface area contributed by atoms with Gasteiger partial charge in [0.05, 0.1) is 12.6 Å². The Bertz CT molecular complexity index is 407. The number of rotatable bonds is 7. The van der Waals surface area contributed by atoms with Crippen molar-refractivity contribution in [1.82, 2.24) is 0 Å². The monoisotopic (exact) mass is 264 g/mol.